The lowest BCUT2D eigenvalue weighted by atomic mass is 9.97. The molecule has 1 aromatic carbocycles. The number of nitrogens with one attached hydrogen (secondary N) is 7. The van der Waals surface area contributed by atoms with Gasteiger partial charge < -0.3 is 67.3 Å². The van der Waals surface area contributed by atoms with Crippen molar-refractivity contribution in [2.75, 3.05) is 96.5 Å². The highest BCUT2D eigenvalue weighted by atomic mass is 16.6. The Morgan fingerprint density at radius 1 is 0.776 bits per heavy atom. The molecule has 6 atom stereocenters. The Kier molecular flexibility index (Phi) is 23.3. The third kappa shape index (κ3) is 18.5. The van der Waals surface area contributed by atoms with Crippen LogP contribution < -0.4 is 42.1 Å². The van der Waals surface area contributed by atoms with Gasteiger partial charge in [-0.05, 0) is 68.3 Å². The Morgan fingerprint density at radius 3 is 2.08 bits per heavy atom. The number of nitrogens with zero attached hydrogens (tertiary/aromatic N) is 4. The molecule has 0 aliphatic carbocycles. The number of piperidine rings is 1. The molecule has 0 spiro atoms. The summed E-state index contributed by atoms with van der Waals surface area (Å²) in [6.07, 6.45) is 0.531. The van der Waals surface area contributed by atoms with Gasteiger partial charge in [-0.1, -0.05) is 38.5 Å². The molecule has 0 aromatic heterocycles. The summed E-state index contributed by atoms with van der Waals surface area (Å²) in [6.45, 7) is 4.94. The van der Waals surface area contributed by atoms with Crippen molar-refractivity contribution >= 4 is 70.9 Å². The lowest BCUT2D eigenvalue weighted by Crippen LogP contribution is -2.59. The number of aliphatic hydroxyl groups is 1. The van der Waals surface area contributed by atoms with E-state index in [0.717, 1.165) is 28.9 Å². The first-order valence-corrected chi connectivity index (χ1v) is 25.8. The number of likely N-dealkylation sites (tertiary alicyclic amines) is 1. The second kappa shape index (κ2) is 29.5. The Balaban J connectivity index is 1.000. The van der Waals surface area contributed by atoms with Crippen LogP contribution in [0.25, 0.3) is 0 Å². The standard InChI is InChI=1S/C49H73N11O16/c1-3-29(2)44(47(73)54-33-8-7-31-5-4-6-32-21-35(60(45(31)32)48(33)74)46(72)55-34-22-43(71)76-49(34)75)56-37(62)10-14-52-36(61)9-13-53-38(63)25-59(28-42(69)70)39(64)26-57-17-11-30(12-18-57)23-50-15-19-58(27-41(67)68)20-16-51-24-40(65)66/h4-6,29-30,33-35,44,49-51,75H,3,7-28H2,1-2H3,(H,52,61)(H,53,63)(H,54,73)(H,55,72)(H,56,62)(H,65,66)(H,67,68)(H,69,70)/t29-,33-,34?,35-,44-,49?/m0/s1. The molecule has 0 bridgehead atoms. The maximum Gasteiger partial charge on any atom is 0.323 e. The van der Waals surface area contributed by atoms with Crippen LogP contribution in [0.3, 0.4) is 0 Å². The predicted octanol–water partition coefficient (Wildman–Crippen LogP) is -4.06. The van der Waals surface area contributed by atoms with Crippen LogP contribution in [0.4, 0.5) is 5.69 Å². The normalized spacial score (nSPS) is 20.1. The van der Waals surface area contributed by atoms with E-state index >= 15 is 0 Å². The van der Waals surface area contributed by atoms with Gasteiger partial charge in [-0.3, -0.25) is 67.4 Å². The van der Waals surface area contributed by atoms with Gasteiger partial charge in [0, 0.05) is 58.5 Å². The minimum absolute atomic E-state index is 0.104. The number of esters is 1. The fraction of sp³-hybridized carbons (Fsp3) is 0.653. The van der Waals surface area contributed by atoms with E-state index in [1.807, 2.05) is 30.0 Å². The van der Waals surface area contributed by atoms with Gasteiger partial charge in [0.15, 0.2) is 0 Å². The number of aliphatic carboxylic acids is 3. The molecule has 2 fully saturated rings. The topological polar surface area (TPSA) is 375 Å². The molecule has 2 saturated heterocycles. The van der Waals surface area contributed by atoms with E-state index in [2.05, 4.69) is 37.2 Å². The summed E-state index contributed by atoms with van der Waals surface area (Å²) in [5.74, 6) is -8.16. The largest absolute Gasteiger partial charge is 0.480 e. The third-order valence-electron chi connectivity index (χ3n) is 13.9. The van der Waals surface area contributed by atoms with Crippen molar-refractivity contribution in [3.05, 3.63) is 29.3 Å². The van der Waals surface area contributed by atoms with Crippen molar-refractivity contribution in [1.82, 2.24) is 51.9 Å². The number of anilines is 1. The number of rotatable bonds is 31. The zero-order valence-corrected chi connectivity index (χ0v) is 43.0. The van der Waals surface area contributed by atoms with Gasteiger partial charge in [-0.2, -0.15) is 0 Å². The number of carbonyl (C=O) groups excluding carboxylic acids is 8. The van der Waals surface area contributed by atoms with Gasteiger partial charge in [0.1, 0.15) is 37.3 Å². The Hall–Kier alpha value is -6.81. The molecule has 2 unspecified atom stereocenters. The molecule has 4 aliphatic heterocycles. The second-order valence-electron chi connectivity index (χ2n) is 19.6. The highest BCUT2D eigenvalue weighted by molar-refractivity contribution is 6.08. The second-order valence-corrected chi connectivity index (χ2v) is 19.6. The number of benzene rings is 1. The van der Waals surface area contributed by atoms with Gasteiger partial charge in [0.2, 0.25) is 47.6 Å². The summed E-state index contributed by atoms with van der Waals surface area (Å²) in [7, 11) is 0. The number of amides is 7. The minimum Gasteiger partial charge on any atom is -0.480 e. The molecule has 27 nitrogen and oxygen atoms in total. The van der Waals surface area contributed by atoms with E-state index in [4.69, 9.17) is 9.84 Å². The van der Waals surface area contributed by atoms with Crippen LogP contribution in [0.2, 0.25) is 0 Å². The van der Waals surface area contributed by atoms with Crippen LogP contribution >= 0.6 is 0 Å². The zero-order chi connectivity index (χ0) is 55.5. The van der Waals surface area contributed by atoms with Crippen LogP contribution in [0.5, 0.6) is 0 Å². The van der Waals surface area contributed by atoms with Gasteiger partial charge in [-0.15, -0.1) is 0 Å². The minimum atomic E-state index is -1.53. The molecule has 0 saturated carbocycles. The zero-order valence-electron chi connectivity index (χ0n) is 43.0. The van der Waals surface area contributed by atoms with E-state index in [1.54, 1.807) is 11.8 Å². The summed E-state index contributed by atoms with van der Waals surface area (Å²) in [4.78, 5) is 145. The van der Waals surface area contributed by atoms with E-state index in [-0.39, 0.29) is 76.7 Å². The van der Waals surface area contributed by atoms with Gasteiger partial charge in [-0.25, -0.2) is 0 Å². The maximum absolute atomic E-state index is 14.2. The molecule has 5 rings (SSSR count). The molecule has 76 heavy (non-hydrogen) atoms. The summed E-state index contributed by atoms with van der Waals surface area (Å²) in [6, 6.07) is 1.31. The van der Waals surface area contributed by atoms with Crippen LogP contribution in [0, 0.1) is 11.8 Å². The molecule has 1 aromatic rings. The number of carboxylic acid groups (broad SMARTS) is 3. The lowest BCUT2D eigenvalue weighted by Gasteiger charge is -2.33. The fourth-order valence-corrected chi connectivity index (χ4v) is 9.55. The summed E-state index contributed by atoms with van der Waals surface area (Å²) in [5.41, 5.74) is 2.13. The van der Waals surface area contributed by atoms with Gasteiger partial charge in [0.25, 0.3) is 0 Å². The first-order chi connectivity index (χ1) is 36.2. The monoisotopic (exact) mass is 1070 g/mol. The fourth-order valence-electron chi connectivity index (χ4n) is 9.55. The van der Waals surface area contributed by atoms with Crippen LogP contribution in [-0.2, 0) is 70.3 Å². The van der Waals surface area contributed by atoms with Crippen LogP contribution in [-0.4, -0.2) is 222 Å². The quantitative estimate of drug-likeness (QED) is 0.0249. The molecule has 4 aliphatic rings. The Morgan fingerprint density at radius 2 is 1.43 bits per heavy atom. The molecule has 420 valence electrons. The Labute approximate surface area is 439 Å². The van der Waals surface area contributed by atoms with Crippen molar-refractivity contribution in [3.63, 3.8) is 0 Å². The number of carbonyl (C=O) groups is 11. The number of aliphatic hydroxyl groups excluding tert-OH is 1. The first kappa shape index (κ1) is 60.1. The highest BCUT2D eigenvalue weighted by Gasteiger charge is 2.46. The molecule has 11 N–H and O–H groups in total. The summed E-state index contributed by atoms with van der Waals surface area (Å²) in [5, 5.41) is 56.9. The van der Waals surface area contributed by atoms with Crippen molar-refractivity contribution in [2.24, 2.45) is 11.8 Å². The average Bonchev–Trinajstić information content (AvgIpc) is 3.87. The van der Waals surface area contributed by atoms with Gasteiger partial charge in [0.05, 0.1) is 31.7 Å². The third-order valence-corrected chi connectivity index (χ3v) is 13.9. The SMILES string of the molecule is CC[C@H](C)[C@H](NC(=O)CCNC(=O)CCNC(=O)CN(CC(=O)O)C(=O)CN1CCC(CNCCN(CCNCC(=O)O)CC(=O)O)CC1)C(=O)N[C@H]1CCc2cccc3c2N(C1=O)[C@H](C(=O)NC1CC(=O)OC1O)C3. The molecule has 0 radical (unpaired) electrons. The molecule has 27 heteroatoms. The first-order valence-electron chi connectivity index (χ1n) is 25.8. The van der Waals surface area contributed by atoms with Gasteiger partial charge >= 0.3 is 23.9 Å². The number of hydrogen-bond acceptors (Lipinski definition) is 17. The lowest BCUT2D eigenvalue weighted by molar-refractivity contribution is -0.155. The number of para-hydroxylation sites is 1. The van der Waals surface area contributed by atoms with Crippen LogP contribution in [0.15, 0.2) is 18.2 Å². The molecule has 4 heterocycles. The predicted molar refractivity (Wildman–Crippen MR) is 268 cm³/mol. The highest BCUT2D eigenvalue weighted by Crippen LogP contribution is 2.39. The van der Waals surface area contributed by atoms with E-state index in [9.17, 15) is 68.1 Å². The van der Waals surface area contributed by atoms with E-state index in [0.29, 0.717) is 64.3 Å². The van der Waals surface area contributed by atoms with Crippen molar-refractivity contribution in [2.45, 2.75) is 102 Å². The van der Waals surface area contributed by atoms with Crippen LogP contribution in [0.1, 0.15) is 69.9 Å². The molecule has 7 amide bonds. The summed E-state index contributed by atoms with van der Waals surface area (Å²) >= 11 is 0. The van der Waals surface area contributed by atoms with E-state index < -0.39 is 109 Å². The number of hydrogen-bond donors (Lipinski definition) is 11. The number of cyclic esters (lactones) is 1. The van der Waals surface area contributed by atoms with E-state index in [1.165, 1.54) is 4.90 Å². The Bertz CT molecular complexity index is 2280. The average molecular weight is 1070 g/mol. The van der Waals surface area contributed by atoms with Crippen molar-refractivity contribution < 1.29 is 77.9 Å². The number of carboxylic acids is 3. The number of ether oxygens (including phenoxy) is 1. The smallest absolute Gasteiger partial charge is 0.323 e. The number of aryl methyl sites for hydroxylation is 1. The molecular weight excluding hydrogens is 999 g/mol. The van der Waals surface area contributed by atoms with Crippen molar-refractivity contribution in [3.8, 4) is 0 Å². The summed E-state index contributed by atoms with van der Waals surface area (Å²) < 4.78 is 4.75. The molecular formula is C49H73N11O16. The van der Waals surface area contributed by atoms with Crippen molar-refractivity contribution in [1.29, 1.82) is 0 Å². The maximum atomic E-state index is 14.2.